The molecule has 0 atom stereocenters. The minimum absolute atomic E-state index is 0.0227. The average molecular weight is 357 g/mol. The summed E-state index contributed by atoms with van der Waals surface area (Å²) in [5.41, 5.74) is 13.6. The molecule has 26 heavy (non-hydrogen) atoms. The smallest absolute Gasteiger partial charge is 0.263 e. The molecule has 136 valence electrons. The van der Waals surface area contributed by atoms with E-state index >= 15 is 0 Å². The Balaban J connectivity index is 1.86. The molecule has 0 fully saturated rings. The highest BCUT2D eigenvalue weighted by molar-refractivity contribution is 5.56. The molecule has 0 amide bonds. The first kappa shape index (κ1) is 17.3. The molecular formula is C15H19N9O2. The zero-order valence-corrected chi connectivity index (χ0v) is 14.6. The molecule has 0 aliphatic rings. The van der Waals surface area contributed by atoms with Crippen LogP contribution in [0.3, 0.4) is 0 Å². The van der Waals surface area contributed by atoms with Crippen LogP contribution < -0.4 is 16.5 Å². The summed E-state index contributed by atoms with van der Waals surface area (Å²) in [5.74, 6) is 0.382. The average Bonchev–Trinajstić information content (AvgIpc) is 3.19. The molecule has 0 unspecified atom stereocenters. The largest absolute Gasteiger partial charge is 0.378 e. The van der Waals surface area contributed by atoms with Crippen molar-refractivity contribution < 1.29 is 9.26 Å². The number of anilines is 3. The molecular weight excluding hydrogens is 338 g/mol. The van der Waals surface area contributed by atoms with Crippen LogP contribution in [0.15, 0.2) is 43.9 Å². The molecule has 2 heterocycles. The van der Waals surface area contributed by atoms with Gasteiger partial charge in [0.15, 0.2) is 0 Å². The SMILES string of the molecule is CC(C)(C)c1ccc(CN(N=Nc2nonc2N)c2nonc2N)cc1. The van der Waals surface area contributed by atoms with Gasteiger partial charge in [0.25, 0.3) is 5.82 Å². The standard InChI is InChI=1S/C15H19N9O2/c1-15(2,3)10-6-4-9(5-7-10)8-24(14-12(17)20-26-22-14)23-18-13-11(16)19-25-21-13/h4-7H,8H2,1-3H3,(H2,16,19)(H2,17,20). The number of benzene rings is 1. The summed E-state index contributed by atoms with van der Waals surface area (Å²) in [6.45, 7) is 6.79. The van der Waals surface area contributed by atoms with Gasteiger partial charge in [-0.3, -0.25) is 0 Å². The molecule has 1 aromatic carbocycles. The molecule has 0 bridgehead atoms. The van der Waals surface area contributed by atoms with Gasteiger partial charge in [-0.05, 0) is 37.2 Å². The molecule has 2 aromatic heterocycles. The number of hydrogen-bond acceptors (Lipinski definition) is 10. The van der Waals surface area contributed by atoms with Crippen LogP contribution in [0.25, 0.3) is 0 Å². The van der Waals surface area contributed by atoms with Crippen LogP contribution >= 0.6 is 0 Å². The third kappa shape index (κ3) is 3.77. The Morgan fingerprint density at radius 1 is 0.962 bits per heavy atom. The summed E-state index contributed by atoms with van der Waals surface area (Å²) >= 11 is 0. The van der Waals surface area contributed by atoms with E-state index in [1.54, 1.807) is 0 Å². The maximum absolute atomic E-state index is 5.77. The second-order valence-corrected chi connectivity index (χ2v) is 6.64. The predicted octanol–water partition coefficient (Wildman–Crippen LogP) is 2.62. The first-order valence-corrected chi connectivity index (χ1v) is 7.79. The van der Waals surface area contributed by atoms with Crippen molar-refractivity contribution in [3.63, 3.8) is 0 Å². The first-order chi connectivity index (χ1) is 12.3. The van der Waals surface area contributed by atoms with Crippen LogP contribution in [0.2, 0.25) is 0 Å². The van der Waals surface area contributed by atoms with Crippen LogP contribution in [0.5, 0.6) is 0 Å². The molecule has 0 saturated heterocycles. The minimum Gasteiger partial charge on any atom is -0.378 e. The third-order valence-corrected chi connectivity index (χ3v) is 3.64. The van der Waals surface area contributed by atoms with E-state index in [0.717, 1.165) is 5.56 Å². The lowest BCUT2D eigenvalue weighted by molar-refractivity contribution is 0.308. The Morgan fingerprint density at radius 3 is 2.15 bits per heavy atom. The lowest BCUT2D eigenvalue weighted by Crippen LogP contribution is -2.17. The van der Waals surface area contributed by atoms with Crippen molar-refractivity contribution >= 4 is 23.3 Å². The number of nitrogens with two attached hydrogens (primary N) is 2. The molecule has 11 heteroatoms. The molecule has 11 nitrogen and oxygen atoms in total. The summed E-state index contributed by atoms with van der Waals surface area (Å²) in [6, 6.07) is 8.13. The summed E-state index contributed by atoms with van der Waals surface area (Å²) in [4.78, 5) is 0. The topological polar surface area (TPSA) is 158 Å². The molecule has 0 radical (unpaired) electrons. The zero-order valence-electron chi connectivity index (χ0n) is 14.6. The van der Waals surface area contributed by atoms with Gasteiger partial charge < -0.3 is 11.5 Å². The van der Waals surface area contributed by atoms with Crippen molar-refractivity contribution in [3.05, 3.63) is 35.4 Å². The molecule has 3 aromatic rings. The van der Waals surface area contributed by atoms with Gasteiger partial charge in [0.1, 0.15) is 0 Å². The van der Waals surface area contributed by atoms with E-state index < -0.39 is 0 Å². The molecule has 0 aliphatic heterocycles. The number of rotatable bonds is 5. The van der Waals surface area contributed by atoms with Gasteiger partial charge in [0.05, 0.1) is 6.54 Å². The van der Waals surface area contributed by atoms with E-state index in [9.17, 15) is 0 Å². The van der Waals surface area contributed by atoms with Crippen molar-refractivity contribution in [2.45, 2.75) is 32.7 Å². The van der Waals surface area contributed by atoms with Gasteiger partial charge >= 0.3 is 0 Å². The Morgan fingerprint density at radius 2 is 1.62 bits per heavy atom. The van der Waals surface area contributed by atoms with Crippen LogP contribution in [0.1, 0.15) is 31.9 Å². The number of nitrogen functional groups attached to an aromatic ring is 2. The van der Waals surface area contributed by atoms with Crippen molar-refractivity contribution in [3.8, 4) is 0 Å². The molecule has 0 saturated carbocycles. The second-order valence-electron chi connectivity index (χ2n) is 6.64. The van der Waals surface area contributed by atoms with Crippen LogP contribution in [-0.2, 0) is 12.0 Å². The highest BCUT2D eigenvalue weighted by atomic mass is 16.6. The maximum Gasteiger partial charge on any atom is 0.263 e. The summed E-state index contributed by atoms with van der Waals surface area (Å²) in [5, 5.41) is 23.7. The summed E-state index contributed by atoms with van der Waals surface area (Å²) < 4.78 is 9.14. The fourth-order valence-corrected chi connectivity index (χ4v) is 2.16. The number of hydrogen-bond donors (Lipinski definition) is 2. The maximum atomic E-state index is 5.77. The van der Waals surface area contributed by atoms with Crippen LogP contribution in [0, 0.1) is 0 Å². The molecule has 0 aliphatic carbocycles. The van der Waals surface area contributed by atoms with Gasteiger partial charge in [-0.1, -0.05) is 50.3 Å². The van der Waals surface area contributed by atoms with E-state index in [0.29, 0.717) is 6.54 Å². The van der Waals surface area contributed by atoms with Gasteiger partial charge in [-0.25, -0.2) is 14.3 Å². The lowest BCUT2D eigenvalue weighted by Gasteiger charge is -2.20. The van der Waals surface area contributed by atoms with E-state index in [2.05, 4.69) is 73.1 Å². The highest BCUT2D eigenvalue weighted by Gasteiger charge is 2.18. The van der Waals surface area contributed by atoms with E-state index in [1.807, 2.05) is 12.1 Å². The molecule has 0 spiro atoms. The predicted molar refractivity (Wildman–Crippen MR) is 93.3 cm³/mol. The normalized spacial score (nSPS) is 12.0. The lowest BCUT2D eigenvalue weighted by atomic mass is 9.87. The van der Waals surface area contributed by atoms with Crippen molar-refractivity contribution in [1.29, 1.82) is 0 Å². The Kier molecular flexibility index (Phi) is 4.52. The van der Waals surface area contributed by atoms with E-state index in [-0.39, 0.29) is 28.7 Å². The summed E-state index contributed by atoms with van der Waals surface area (Å²) in [7, 11) is 0. The van der Waals surface area contributed by atoms with Crippen molar-refractivity contribution in [2.24, 2.45) is 10.3 Å². The van der Waals surface area contributed by atoms with Gasteiger partial charge in [-0.2, -0.15) is 0 Å². The van der Waals surface area contributed by atoms with Gasteiger partial charge in [0.2, 0.25) is 17.5 Å². The molecule has 3 rings (SSSR count). The molecule has 4 N–H and O–H groups in total. The minimum atomic E-state index is 0.0227. The number of aromatic nitrogens is 4. The second kappa shape index (κ2) is 6.78. The van der Waals surface area contributed by atoms with Crippen LogP contribution in [0.4, 0.5) is 23.3 Å². The fourth-order valence-electron chi connectivity index (χ4n) is 2.16. The van der Waals surface area contributed by atoms with Gasteiger partial charge in [0, 0.05) is 0 Å². The fraction of sp³-hybridized carbons (Fsp3) is 0.333. The third-order valence-electron chi connectivity index (χ3n) is 3.64. The Labute approximate surface area is 148 Å². The van der Waals surface area contributed by atoms with E-state index in [4.69, 9.17) is 11.5 Å². The zero-order chi connectivity index (χ0) is 18.7. The van der Waals surface area contributed by atoms with E-state index in [1.165, 1.54) is 10.6 Å². The number of nitrogens with zero attached hydrogens (tertiary/aromatic N) is 7. The quantitative estimate of drug-likeness (QED) is 0.517. The highest BCUT2D eigenvalue weighted by Crippen LogP contribution is 2.25. The van der Waals surface area contributed by atoms with Crippen molar-refractivity contribution in [2.75, 3.05) is 16.5 Å². The van der Waals surface area contributed by atoms with Gasteiger partial charge in [-0.15, -0.1) is 5.11 Å². The van der Waals surface area contributed by atoms with Crippen molar-refractivity contribution in [1.82, 2.24) is 20.6 Å². The van der Waals surface area contributed by atoms with Crippen LogP contribution in [-0.4, -0.2) is 20.6 Å². The Bertz CT molecular complexity index is 892. The monoisotopic (exact) mass is 357 g/mol. The summed E-state index contributed by atoms with van der Waals surface area (Å²) in [6.07, 6.45) is 0. The Hall–Kier alpha value is -3.50. The first-order valence-electron chi connectivity index (χ1n) is 7.79.